The second-order valence-corrected chi connectivity index (χ2v) is 6.75. The summed E-state index contributed by atoms with van der Waals surface area (Å²) >= 11 is 0. The Bertz CT molecular complexity index is 1050. The predicted molar refractivity (Wildman–Crippen MR) is 101 cm³/mol. The summed E-state index contributed by atoms with van der Waals surface area (Å²) in [6, 6.07) is 11.2. The largest absolute Gasteiger partial charge is 0.322 e. The van der Waals surface area contributed by atoms with E-state index in [1.165, 1.54) is 4.40 Å². The van der Waals surface area contributed by atoms with Gasteiger partial charge in [0.2, 0.25) is 0 Å². The summed E-state index contributed by atoms with van der Waals surface area (Å²) < 4.78 is 1.53. The molecular formula is C20H20N4O2. The van der Waals surface area contributed by atoms with Crippen LogP contribution in [0.2, 0.25) is 0 Å². The van der Waals surface area contributed by atoms with Crippen LogP contribution in [-0.4, -0.2) is 26.9 Å². The summed E-state index contributed by atoms with van der Waals surface area (Å²) in [6.07, 6.45) is 2.29. The van der Waals surface area contributed by atoms with Gasteiger partial charge in [0.15, 0.2) is 0 Å². The minimum atomic E-state index is -0.196. The van der Waals surface area contributed by atoms with Gasteiger partial charge in [0.25, 0.3) is 5.56 Å². The number of hydrogen-bond acceptors (Lipinski definition) is 3. The van der Waals surface area contributed by atoms with Gasteiger partial charge in [0, 0.05) is 24.8 Å². The van der Waals surface area contributed by atoms with Crippen LogP contribution in [0, 0.1) is 13.8 Å². The maximum absolute atomic E-state index is 12.8. The number of amides is 2. The molecule has 4 rings (SSSR count). The molecular weight excluding hydrogens is 328 g/mol. The van der Waals surface area contributed by atoms with Crippen molar-refractivity contribution in [3.05, 3.63) is 75.3 Å². The summed E-state index contributed by atoms with van der Waals surface area (Å²) in [5.41, 5.74) is 4.88. The predicted octanol–water partition coefficient (Wildman–Crippen LogP) is 2.90. The van der Waals surface area contributed by atoms with Crippen LogP contribution in [0.1, 0.15) is 22.4 Å². The lowest BCUT2D eigenvalue weighted by atomic mass is 10.1. The highest BCUT2D eigenvalue weighted by Gasteiger charge is 2.25. The number of carbonyl (C=O) groups is 1. The number of rotatable bonds is 1. The minimum absolute atomic E-state index is 0.102. The number of nitrogens with one attached hydrogen (secondary N) is 1. The highest BCUT2D eigenvalue weighted by atomic mass is 16.2. The lowest BCUT2D eigenvalue weighted by Gasteiger charge is -2.28. The second-order valence-electron chi connectivity index (χ2n) is 6.75. The van der Waals surface area contributed by atoms with E-state index in [9.17, 15) is 9.59 Å². The molecule has 132 valence electrons. The van der Waals surface area contributed by atoms with E-state index in [2.05, 4.69) is 16.4 Å². The fourth-order valence-corrected chi connectivity index (χ4v) is 3.47. The Balaban J connectivity index is 1.60. The average Bonchev–Trinajstić information content (AvgIpc) is 2.61. The normalized spacial score (nSPS) is 13.5. The molecule has 0 saturated heterocycles. The molecule has 6 heteroatoms. The zero-order valence-corrected chi connectivity index (χ0v) is 14.8. The molecule has 1 N–H and O–H groups in total. The third-order valence-electron chi connectivity index (χ3n) is 4.64. The average molecular weight is 348 g/mol. The summed E-state index contributed by atoms with van der Waals surface area (Å²) in [5.74, 6) is 0. The number of nitrogens with zero attached hydrogens (tertiary/aromatic N) is 3. The van der Waals surface area contributed by atoms with E-state index in [0.717, 1.165) is 22.5 Å². The standard InChI is InChI=1S/C20H20N4O2/c1-13-9-14(2)11-15(10-13)21-20(26)23-8-6-17-16(12-23)19(25)24-7-4-3-5-18(24)22-17/h3-5,7,9-11H,6,8,12H2,1-2H3,(H,21,26). The first-order chi connectivity index (χ1) is 12.5. The molecule has 1 aromatic carbocycles. The zero-order chi connectivity index (χ0) is 18.3. The number of urea groups is 1. The van der Waals surface area contributed by atoms with E-state index < -0.39 is 0 Å². The van der Waals surface area contributed by atoms with Crippen LogP contribution in [0.5, 0.6) is 0 Å². The highest BCUT2D eigenvalue weighted by molar-refractivity contribution is 5.89. The van der Waals surface area contributed by atoms with Gasteiger partial charge in [0.05, 0.1) is 17.8 Å². The SMILES string of the molecule is Cc1cc(C)cc(NC(=O)N2CCc3nc4ccccn4c(=O)c3C2)c1. The van der Waals surface area contributed by atoms with Gasteiger partial charge in [-0.1, -0.05) is 12.1 Å². The topological polar surface area (TPSA) is 66.7 Å². The quantitative estimate of drug-likeness (QED) is 0.735. The molecule has 2 aromatic heterocycles. The highest BCUT2D eigenvalue weighted by Crippen LogP contribution is 2.18. The third kappa shape index (κ3) is 2.94. The molecule has 0 unspecified atom stereocenters. The Hall–Kier alpha value is -3.15. The molecule has 1 aliphatic rings. The van der Waals surface area contributed by atoms with E-state index in [-0.39, 0.29) is 18.1 Å². The van der Waals surface area contributed by atoms with E-state index >= 15 is 0 Å². The van der Waals surface area contributed by atoms with Gasteiger partial charge < -0.3 is 10.2 Å². The molecule has 0 bridgehead atoms. The lowest BCUT2D eigenvalue weighted by Crippen LogP contribution is -2.42. The van der Waals surface area contributed by atoms with Crippen molar-refractivity contribution in [1.82, 2.24) is 14.3 Å². The van der Waals surface area contributed by atoms with Crippen molar-refractivity contribution in [2.75, 3.05) is 11.9 Å². The van der Waals surface area contributed by atoms with Crippen molar-refractivity contribution >= 4 is 17.4 Å². The molecule has 0 radical (unpaired) electrons. The zero-order valence-electron chi connectivity index (χ0n) is 14.8. The van der Waals surface area contributed by atoms with Gasteiger partial charge in [-0.05, 0) is 49.2 Å². The van der Waals surface area contributed by atoms with Gasteiger partial charge in [-0.3, -0.25) is 9.20 Å². The van der Waals surface area contributed by atoms with Crippen LogP contribution in [0.3, 0.4) is 0 Å². The molecule has 0 saturated carbocycles. The number of anilines is 1. The minimum Gasteiger partial charge on any atom is -0.320 e. The maximum atomic E-state index is 12.8. The number of benzene rings is 1. The number of pyridine rings is 1. The first kappa shape index (κ1) is 16.3. The molecule has 0 aliphatic carbocycles. The van der Waals surface area contributed by atoms with Crippen LogP contribution < -0.4 is 10.9 Å². The van der Waals surface area contributed by atoms with Crippen LogP contribution in [0.4, 0.5) is 10.5 Å². The Kier molecular flexibility index (Phi) is 3.95. The van der Waals surface area contributed by atoms with Crippen molar-refractivity contribution < 1.29 is 4.79 Å². The smallest absolute Gasteiger partial charge is 0.320 e. The van der Waals surface area contributed by atoms with Crippen LogP contribution in [0.25, 0.3) is 5.65 Å². The van der Waals surface area contributed by atoms with Crippen molar-refractivity contribution in [3.63, 3.8) is 0 Å². The molecule has 3 aromatic rings. The fourth-order valence-electron chi connectivity index (χ4n) is 3.47. The molecule has 0 spiro atoms. The molecule has 26 heavy (non-hydrogen) atoms. The number of carbonyl (C=O) groups excluding carboxylic acids is 1. The van der Waals surface area contributed by atoms with Crippen LogP contribution in [-0.2, 0) is 13.0 Å². The summed E-state index contributed by atoms with van der Waals surface area (Å²) in [7, 11) is 0. The Morgan fingerprint density at radius 3 is 2.69 bits per heavy atom. The molecule has 3 heterocycles. The summed E-state index contributed by atoms with van der Waals surface area (Å²) in [4.78, 5) is 31.7. The summed E-state index contributed by atoms with van der Waals surface area (Å²) in [6.45, 7) is 4.81. The first-order valence-corrected chi connectivity index (χ1v) is 8.64. The first-order valence-electron chi connectivity index (χ1n) is 8.64. The molecule has 0 atom stereocenters. The van der Waals surface area contributed by atoms with E-state index in [0.29, 0.717) is 24.2 Å². The van der Waals surface area contributed by atoms with Crippen molar-refractivity contribution in [1.29, 1.82) is 0 Å². The van der Waals surface area contributed by atoms with E-state index in [1.807, 2.05) is 38.1 Å². The Morgan fingerprint density at radius 2 is 1.92 bits per heavy atom. The van der Waals surface area contributed by atoms with E-state index in [4.69, 9.17) is 0 Å². The van der Waals surface area contributed by atoms with Gasteiger partial charge in [-0.25, -0.2) is 9.78 Å². The number of aromatic nitrogens is 2. The number of aryl methyl sites for hydroxylation is 2. The van der Waals surface area contributed by atoms with Gasteiger partial charge >= 0.3 is 6.03 Å². The van der Waals surface area contributed by atoms with Crippen molar-refractivity contribution in [3.8, 4) is 0 Å². The van der Waals surface area contributed by atoms with Crippen LogP contribution in [0.15, 0.2) is 47.4 Å². The molecule has 6 nitrogen and oxygen atoms in total. The van der Waals surface area contributed by atoms with Gasteiger partial charge in [-0.15, -0.1) is 0 Å². The Morgan fingerprint density at radius 1 is 1.15 bits per heavy atom. The molecule has 0 fully saturated rings. The van der Waals surface area contributed by atoms with Gasteiger partial charge in [0.1, 0.15) is 5.65 Å². The molecule has 1 aliphatic heterocycles. The van der Waals surface area contributed by atoms with Crippen molar-refractivity contribution in [2.24, 2.45) is 0 Å². The summed E-state index contributed by atoms with van der Waals surface area (Å²) in [5, 5.41) is 2.94. The third-order valence-corrected chi connectivity index (χ3v) is 4.64. The number of fused-ring (bicyclic) bond motifs is 2. The van der Waals surface area contributed by atoms with Crippen molar-refractivity contribution in [2.45, 2.75) is 26.8 Å². The fraction of sp³-hybridized carbons (Fsp3) is 0.250. The number of hydrogen-bond donors (Lipinski definition) is 1. The van der Waals surface area contributed by atoms with Gasteiger partial charge in [-0.2, -0.15) is 0 Å². The second kappa shape index (κ2) is 6.29. The van der Waals surface area contributed by atoms with Crippen LogP contribution >= 0.6 is 0 Å². The molecule has 2 amide bonds. The lowest BCUT2D eigenvalue weighted by molar-refractivity contribution is 0.205. The monoisotopic (exact) mass is 348 g/mol. The Labute approximate surface area is 151 Å². The van der Waals surface area contributed by atoms with E-state index in [1.54, 1.807) is 17.2 Å². The maximum Gasteiger partial charge on any atom is 0.322 e.